The molecule has 2 rings (SSSR count). The van der Waals surface area contributed by atoms with E-state index in [1.54, 1.807) is 12.1 Å². The number of aliphatic carboxylic acids is 1. The fourth-order valence-electron chi connectivity index (χ4n) is 2.39. The van der Waals surface area contributed by atoms with Gasteiger partial charge in [0.25, 0.3) is 0 Å². The molecule has 7 nitrogen and oxygen atoms in total. The fourth-order valence-corrected chi connectivity index (χ4v) is 2.39. The number of urea groups is 1. The summed E-state index contributed by atoms with van der Waals surface area (Å²) in [6, 6.07) is 5.09. The molecule has 0 saturated carbocycles. The lowest BCUT2D eigenvalue weighted by molar-refractivity contribution is -0.137. The van der Waals surface area contributed by atoms with E-state index >= 15 is 0 Å². The van der Waals surface area contributed by atoms with Crippen LogP contribution in [0.3, 0.4) is 0 Å². The highest BCUT2D eigenvalue weighted by atomic mass is 19.1. The summed E-state index contributed by atoms with van der Waals surface area (Å²) in [7, 11) is 0. The molecule has 1 aliphatic rings. The standard InChI is InChI=1S/C15H18FN3O4/c16-11-4-1-2-5-12(11)19-9-10(8-13(19)20)18-15(23)17-7-3-6-14(21)22/h1-2,4-5,10H,3,6-9H2,(H,21,22)(H2,17,18,23). The van der Waals surface area contributed by atoms with Crippen LogP contribution >= 0.6 is 0 Å². The molecule has 1 atom stereocenters. The van der Waals surface area contributed by atoms with Crippen molar-refractivity contribution in [1.29, 1.82) is 0 Å². The third-order valence-electron chi connectivity index (χ3n) is 3.46. The Hall–Kier alpha value is -2.64. The molecular formula is C15H18FN3O4. The van der Waals surface area contributed by atoms with E-state index in [9.17, 15) is 18.8 Å². The van der Waals surface area contributed by atoms with Crippen LogP contribution < -0.4 is 15.5 Å². The number of hydrogen-bond donors (Lipinski definition) is 3. The normalized spacial score (nSPS) is 17.2. The Bertz CT molecular complexity index is 608. The van der Waals surface area contributed by atoms with Crippen molar-refractivity contribution in [2.45, 2.75) is 25.3 Å². The average molecular weight is 323 g/mol. The highest BCUT2D eigenvalue weighted by molar-refractivity contribution is 5.96. The summed E-state index contributed by atoms with van der Waals surface area (Å²) in [6.07, 6.45) is 0.397. The van der Waals surface area contributed by atoms with Crippen molar-refractivity contribution in [3.05, 3.63) is 30.1 Å². The molecule has 3 amide bonds. The number of para-hydroxylation sites is 1. The lowest BCUT2D eigenvalue weighted by Crippen LogP contribution is -2.43. The molecule has 0 spiro atoms. The minimum absolute atomic E-state index is 0.0245. The van der Waals surface area contributed by atoms with Gasteiger partial charge in [-0.25, -0.2) is 9.18 Å². The molecule has 0 aromatic heterocycles. The SMILES string of the molecule is O=C(O)CCCNC(=O)NC1CC(=O)N(c2ccccc2F)C1. The van der Waals surface area contributed by atoms with E-state index in [0.29, 0.717) is 6.42 Å². The van der Waals surface area contributed by atoms with Gasteiger partial charge >= 0.3 is 12.0 Å². The fraction of sp³-hybridized carbons (Fsp3) is 0.400. The second-order valence-corrected chi connectivity index (χ2v) is 5.25. The summed E-state index contributed by atoms with van der Waals surface area (Å²) < 4.78 is 13.7. The lowest BCUT2D eigenvalue weighted by atomic mass is 10.2. The van der Waals surface area contributed by atoms with Crippen molar-refractivity contribution in [1.82, 2.24) is 10.6 Å². The maximum absolute atomic E-state index is 13.7. The van der Waals surface area contributed by atoms with E-state index in [0.717, 1.165) is 0 Å². The van der Waals surface area contributed by atoms with E-state index in [4.69, 9.17) is 5.11 Å². The molecule has 1 fully saturated rings. The first kappa shape index (κ1) is 16.7. The second kappa shape index (κ2) is 7.57. The molecule has 1 heterocycles. The predicted octanol–water partition coefficient (Wildman–Crippen LogP) is 1.10. The number of carbonyl (C=O) groups is 3. The molecule has 0 bridgehead atoms. The lowest BCUT2D eigenvalue weighted by Gasteiger charge is -2.18. The van der Waals surface area contributed by atoms with Crippen LogP contribution in [0.1, 0.15) is 19.3 Å². The number of hydrogen-bond acceptors (Lipinski definition) is 3. The summed E-state index contributed by atoms with van der Waals surface area (Å²) in [5.74, 6) is -1.67. The van der Waals surface area contributed by atoms with Gasteiger partial charge in [-0.05, 0) is 18.6 Å². The number of benzene rings is 1. The van der Waals surface area contributed by atoms with Crippen molar-refractivity contribution in [3.8, 4) is 0 Å². The van der Waals surface area contributed by atoms with Crippen molar-refractivity contribution < 1.29 is 23.9 Å². The van der Waals surface area contributed by atoms with Crippen LogP contribution in [0.4, 0.5) is 14.9 Å². The second-order valence-electron chi connectivity index (χ2n) is 5.25. The maximum Gasteiger partial charge on any atom is 0.315 e. The van der Waals surface area contributed by atoms with Gasteiger partial charge in [-0.1, -0.05) is 12.1 Å². The number of carboxylic acids is 1. The van der Waals surface area contributed by atoms with Crippen molar-refractivity contribution in [2.24, 2.45) is 0 Å². The largest absolute Gasteiger partial charge is 0.481 e. The third-order valence-corrected chi connectivity index (χ3v) is 3.46. The summed E-state index contributed by atoms with van der Waals surface area (Å²) in [6.45, 7) is 0.429. The van der Waals surface area contributed by atoms with Gasteiger partial charge < -0.3 is 20.6 Å². The maximum atomic E-state index is 13.7. The van der Waals surface area contributed by atoms with E-state index in [1.165, 1.54) is 17.0 Å². The van der Waals surface area contributed by atoms with Crippen LogP contribution in [-0.2, 0) is 9.59 Å². The van der Waals surface area contributed by atoms with Gasteiger partial charge in [0.2, 0.25) is 5.91 Å². The molecule has 1 aliphatic heterocycles. The number of rotatable bonds is 6. The Morgan fingerprint density at radius 3 is 2.78 bits per heavy atom. The van der Waals surface area contributed by atoms with Crippen molar-refractivity contribution in [3.63, 3.8) is 0 Å². The first-order valence-electron chi connectivity index (χ1n) is 7.28. The first-order chi connectivity index (χ1) is 11.0. The van der Waals surface area contributed by atoms with Gasteiger partial charge in [-0.3, -0.25) is 9.59 Å². The van der Waals surface area contributed by atoms with Gasteiger partial charge in [0.05, 0.1) is 11.7 Å². The third kappa shape index (κ3) is 4.67. The molecule has 124 valence electrons. The van der Waals surface area contributed by atoms with Crippen molar-refractivity contribution in [2.75, 3.05) is 18.0 Å². The average Bonchev–Trinajstić information content (AvgIpc) is 2.84. The summed E-state index contributed by atoms with van der Waals surface area (Å²) >= 11 is 0. The van der Waals surface area contributed by atoms with Crippen LogP contribution in [0, 0.1) is 5.82 Å². The van der Waals surface area contributed by atoms with Gasteiger partial charge in [-0.2, -0.15) is 0 Å². The Balaban J connectivity index is 1.82. The molecule has 0 radical (unpaired) electrons. The molecule has 8 heteroatoms. The number of amides is 3. The van der Waals surface area contributed by atoms with Crippen LogP contribution in [0.2, 0.25) is 0 Å². The van der Waals surface area contributed by atoms with E-state index in [-0.39, 0.29) is 37.5 Å². The Morgan fingerprint density at radius 1 is 1.35 bits per heavy atom. The van der Waals surface area contributed by atoms with Gasteiger partial charge in [0.1, 0.15) is 5.82 Å². The zero-order valence-electron chi connectivity index (χ0n) is 12.4. The van der Waals surface area contributed by atoms with E-state index in [2.05, 4.69) is 10.6 Å². The van der Waals surface area contributed by atoms with Gasteiger partial charge in [-0.15, -0.1) is 0 Å². The Labute approximate surface area is 132 Å². The quantitative estimate of drug-likeness (QED) is 0.683. The predicted molar refractivity (Wildman–Crippen MR) is 80.6 cm³/mol. The van der Waals surface area contributed by atoms with Gasteiger partial charge in [0, 0.05) is 25.9 Å². The molecule has 1 aromatic carbocycles. The number of nitrogens with one attached hydrogen (secondary N) is 2. The molecular weight excluding hydrogens is 305 g/mol. The minimum Gasteiger partial charge on any atom is -0.481 e. The smallest absolute Gasteiger partial charge is 0.315 e. The number of halogens is 1. The molecule has 1 aromatic rings. The van der Waals surface area contributed by atoms with Crippen LogP contribution in [0.5, 0.6) is 0 Å². The summed E-state index contributed by atoms with van der Waals surface area (Å²) in [5, 5.41) is 13.7. The topological polar surface area (TPSA) is 98.7 Å². The highest BCUT2D eigenvalue weighted by Gasteiger charge is 2.32. The Kier molecular flexibility index (Phi) is 5.51. The molecule has 1 saturated heterocycles. The van der Waals surface area contributed by atoms with E-state index in [1.807, 2.05) is 0 Å². The molecule has 23 heavy (non-hydrogen) atoms. The number of carboxylic acid groups (broad SMARTS) is 1. The zero-order chi connectivity index (χ0) is 16.8. The van der Waals surface area contributed by atoms with Crippen LogP contribution in [-0.4, -0.2) is 42.1 Å². The first-order valence-corrected chi connectivity index (χ1v) is 7.28. The molecule has 1 unspecified atom stereocenters. The molecule has 3 N–H and O–H groups in total. The zero-order valence-corrected chi connectivity index (χ0v) is 12.4. The van der Waals surface area contributed by atoms with E-state index < -0.39 is 23.9 Å². The number of nitrogens with zero attached hydrogens (tertiary/aromatic N) is 1. The monoisotopic (exact) mass is 323 g/mol. The van der Waals surface area contributed by atoms with Crippen molar-refractivity contribution >= 4 is 23.6 Å². The Morgan fingerprint density at radius 2 is 2.09 bits per heavy atom. The van der Waals surface area contributed by atoms with Crippen LogP contribution in [0.15, 0.2) is 24.3 Å². The van der Waals surface area contributed by atoms with Gasteiger partial charge in [0.15, 0.2) is 0 Å². The summed E-state index contributed by atoms with van der Waals surface area (Å²) in [4.78, 5) is 35.3. The minimum atomic E-state index is -0.922. The summed E-state index contributed by atoms with van der Waals surface area (Å²) in [5.41, 5.74) is 0.198. The number of carbonyl (C=O) groups excluding carboxylic acids is 2. The molecule has 0 aliphatic carbocycles. The number of anilines is 1. The van der Waals surface area contributed by atoms with Crippen LogP contribution in [0.25, 0.3) is 0 Å². The highest BCUT2D eigenvalue weighted by Crippen LogP contribution is 2.24.